The summed E-state index contributed by atoms with van der Waals surface area (Å²) >= 11 is 0. The Bertz CT molecular complexity index is 947. The molecule has 0 radical (unpaired) electrons. The minimum atomic E-state index is -0.418. The third kappa shape index (κ3) is 3.37. The van der Waals surface area contributed by atoms with E-state index in [0.29, 0.717) is 23.7 Å². The second kappa shape index (κ2) is 6.84. The monoisotopic (exact) mass is 365 g/mol. The van der Waals surface area contributed by atoms with Gasteiger partial charge in [0, 0.05) is 31.9 Å². The quantitative estimate of drug-likeness (QED) is 0.816. The number of piperidine rings is 1. The van der Waals surface area contributed by atoms with Crippen molar-refractivity contribution >= 4 is 5.69 Å². The molecule has 1 aliphatic heterocycles. The maximum Gasteiger partial charge on any atom is 0.250 e. The second-order valence-electron chi connectivity index (χ2n) is 8.27. The molecule has 5 heteroatoms. The maximum atomic E-state index is 14.4. The lowest BCUT2D eigenvalue weighted by molar-refractivity contribution is 0.525. The molecule has 3 atom stereocenters. The van der Waals surface area contributed by atoms with Crippen LogP contribution in [-0.2, 0) is 13.0 Å². The summed E-state index contributed by atoms with van der Waals surface area (Å²) in [6, 6.07) is 10.8. The molecule has 27 heavy (non-hydrogen) atoms. The van der Waals surface area contributed by atoms with Crippen molar-refractivity contribution in [3.05, 3.63) is 63.8 Å². The highest BCUT2D eigenvalue weighted by Crippen LogP contribution is 2.53. The van der Waals surface area contributed by atoms with E-state index in [1.54, 1.807) is 16.7 Å². The van der Waals surface area contributed by atoms with E-state index < -0.39 is 5.82 Å². The Morgan fingerprint density at radius 2 is 2.00 bits per heavy atom. The molecular weight excluding hydrogens is 341 g/mol. The summed E-state index contributed by atoms with van der Waals surface area (Å²) in [6.45, 7) is 6.62. The molecule has 2 heterocycles. The molecule has 140 valence electrons. The summed E-state index contributed by atoms with van der Waals surface area (Å²) in [5.74, 6) is 1.54. The van der Waals surface area contributed by atoms with Crippen LogP contribution < -0.4 is 10.5 Å². The van der Waals surface area contributed by atoms with Crippen LogP contribution in [0.15, 0.2) is 41.3 Å². The zero-order valence-electron chi connectivity index (χ0n) is 15.7. The number of nitrogens with zero attached hydrogens (tertiary/aromatic N) is 3. The summed E-state index contributed by atoms with van der Waals surface area (Å²) in [7, 11) is 0. The van der Waals surface area contributed by atoms with Gasteiger partial charge < -0.3 is 9.47 Å². The van der Waals surface area contributed by atoms with Crippen LogP contribution in [0, 0.1) is 40.8 Å². The minimum absolute atomic E-state index is 0.0366. The van der Waals surface area contributed by atoms with Gasteiger partial charge in [0.05, 0.1) is 5.69 Å². The Kier molecular flexibility index (Phi) is 4.51. The highest BCUT2D eigenvalue weighted by Gasteiger charge is 2.55. The van der Waals surface area contributed by atoms with Crippen molar-refractivity contribution in [3.63, 3.8) is 0 Å². The van der Waals surface area contributed by atoms with E-state index in [9.17, 15) is 14.4 Å². The van der Waals surface area contributed by atoms with Gasteiger partial charge in [0.15, 0.2) is 0 Å². The number of rotatable bonds is 5. The highest BCUT2D eigenvalue weighted by atomic mass is 19.1. The van der Waals surface area contributed by atoms with Gasteiger partial charge in [-0.05, 0) is 53.9 Å². The molecule has 0 amide bonds. The van der Waals surface area contributed by atoms with Gasteiger partial charge in [-0.1, -0.05) is 19.9 Å². The van der Waals surface area contributed by atoms with Crippen LogP contribution in [0.1, 0.15) is 25.0 Å². The van der Waals surface area contributed by atoms with Gasteiger partial charge in [-0.2, -0.15) is 5.26 Å². The molecule has 1 aliphatic carbocycles. The van der Waals surface area contributed by atoms with Crippen LogP contribution in [0.5, 0.6) is 0 Å². The van der Waals surface area contributed by atoms with E-state index in [0.717, 1.165) is 37.3 Å². The van der Waals surface area contributed by atoms with Gasteiger partial charge in [-0.15, -0.1) is 0 Å². The lowest BCUT2D eigenvalue weighted by atomic mass is 9.99. The Balaban J connectivity index is 1.50. The molecule has 2 aromatic rings. The van der Waals surface area contributed by atoms with Crippen LogP contribution in [0.25, 0.3) is 0 Å². The predicted molar refractivity (Wildman–Crippen MR) is 103 cm³/mol. The molecule has 0 spiro atoms. The Labute approximate surface area is 158 Å². The number of hydrogen-bond donors (Lipinski definition) is 0. The average molecular weight is 365 g/mol. The molecule has 2 fully saturated rings. The number of aromatic nitrogens is 1. The van der Waals surface area contributed by atoms with Crippen molar-refractivity contribution in [3.8, 4) is 6.07 Å². The predicted octanol–water partition coefficient (Wildman–Crippen LogP) is 3.44. The summed E-state index contributed by atoms with van der Waals surface area (Å²) in [4.78, 5) is 14.1. The Morgan fingerprint density at radius 1 is 1.26 bits per heavy atom. The molecule has 1 aromatic heterocycles. The lowest BCUT2D eigenvalue weighted by Gasteiger charge is -2.24. The number of anilines is 1. The third-order valence-electron chi connectivity index (χ3n) is 5.90. The van der Waals surface area contributed by atoms with Gasteiger partial charge in [0.1, 0.15) is 17.4 Å². The molecule has 4 nitrogen and oxygen atoms in total. The van der Waals surface area contributed by atoms with Gasteiger partial charge in [0.2, 0.25) is 0 Å². The molecule has 0 N–H and O–H groups in total. The van der Waals surface area contributed by atoms with E-state index in [2.05, 4.69) is 18.7 Å². The average Bonchev–Trinajstić information content (AvgIpc) is 3.05. The highest BCUT2D eigenvalue weighted by molar-refractivity contribution is 5.62. The summed E-state index contributed by atoms with van der Waals surface area (Å²) in [5.41, 5.74) is 1.87. The fourth-order valence-electron chi connectivity index (χ4n) is 4.55. The van der Waals surface area contributed by atoms with Crippen LogP contribution >= 0.6 is 0 Å². The number of benzene rings is 1. The largest absolute Gasteiger partial charge is 0.370 e. The number of pyridine rings is 1. The van der Waals surface area contributed by atoms with E-state index >= 15 is 0 Å². The van der Waals surface area contributed by atoms with Crippen molar-refractivity contribution in [1.82, 2.24) is 4.57 Å². The Morgan fingerprint density at radius 3 is 2.63 bits per heavy atom. The molecule has 1 unspecified atom stereocenters. The molecular formula is C22H24FN3O. The number of nitriles is 1. The van der Waals surface area contributed by atoms with Gasteiger partial charge in [0.25, 0.3) is 5.56 Å². The topological polar surface area (TPSA) is 49.0 Å². The summed E-state index contributed by atoms with van der Waals surface area (Å²) < 4.78 is 16.2. The van der Waals surface area contributed by atoms with E-state index in [4.69, 9.17) is 0 Å². The first-order valence-electron chi connectivity index (χ1n) is 9.61. The first-order chi connectivity index (χ1) is 13.0. The fraction of sp³-hybridized carbons (Fsp3) is 0.455. The molecule has 1 saturated carbocycles. The summed E-state index contributed by atoms with van der Waals surface area (Å²) in [6.07, 6.45) is 2.64. The molecule has 0 bridgehead atoms. The smallest absolute Gasteiger partial charge is 0.250 e. The Hall–Kier alpha value is -2.61. The van der Waals surface area contributed by atoms with Crippen molar-refractivity contribution in [2.45, 2.75) is 26.8 Å². The first kappa shape index (κ1) is 17.8. The minimum Gasteiger partial charge on any atom is -0.370 e. The van der Waals surface area contributed by atoms with E-state index in [1.807, 2.05) is 24.4 Å². The number of fused-ring (bicyclic) bond motifs is 1. The van der Waals surface area contributed by atoms with Gasteiger partial charge in [-0.25, -0.2) is 4.39 Å². The van der Waals surface area contributed by atoms with Gasteiger partial charge >= 0.3 is 0 Å². The van der Waals surface area contributed by atoms with Crippen molar-refractivity contribution in [2.24, 2.45) is 23.7 Å². The third-order valence-corrected chi connectivity index (χ3v) is 5.90. The standard InChI is InChI=1S/C22H24FN3O/c1-14(2)7-15-8-20(23)16(10-24)21(9-15)26-12-18-17(19(18)13-26)11-25-6-4-3-5-22(25)27/h3-6,8-9,14,17-19H,7,11-13H2,1-2H3/t17?,18-,19+. The van der Waals surface area contributed by atoms with Crippen molar-refractivity contribution in [2.75, 3.05) is 18.0 Å². The van der Waals surface area contributed by atoms with Crippen molar-refractivity contribution < 1.29 is 4.39 Å². The van der Waals surface area contributed by atoms with Crippen LogP contribution in [0.3, 0.4) is 0 Å². The van der Waals surface area contributed by atoms with E-state index in [-0.39, 0.29) is 11.1 Å². The van der Waals surface area contributed by atoms with Crippen LogP contribution in [-0.4, -0.2) is 17.7 Å². The normalized spacial score (nSPS) is 23.4. The molecule has 1 saturated heterocycles. The summed E-state index contributed by atoms with van der Waals surface area (Å²) in [5, 5.41) is 9.43. The number of hydrogen-bond acceptors (Lipinski definition) is 3. The second-order valence-corrected chi connectivity index (χ2v) is 8.27. The molecule has 1 aromatic carbocycles. The van der Waals surface area contributed by atoms with Crippen LogP contribution in [0.4, 0.5) is 10.1 Å². The molecule has 2 aliphatic rings. The maximum absolute atomic E-state index is 14.4. The van der Waals surface area contributed by atoms with E-state index in [1.165, 1.54) is 6.07 Å². The lowest BCUT2D eigenvalue weighted by Crippen LogP contribution is -2.28. The van der Waals surface area contributed by atoms with Gasteiger partial charge in [-0.3, -0.25) is 4.79 Å². The van der Waals surface area contributed by atoms with Crippen LogP contribution in [0.2, 0.25) is 0 Å². The SMILES string of the molecule is CC(C)Cc1cc(F)c(C#N)c(N2C[C@@H]3C(Cn4ccccc4=O)[C@@H]3C2)c1. The molecule has 4 rings (SSSR count). The zero-order valence-corrected chi connectivity index (χ0v) is 15.7. The van der Waals surface area contributed by atoms with Crippen molar-refractivity contribution in [1.29, 1.82) is 5.26 Å². The first-order valence-corrected chi connectivity index (χ1v) is 9.61. The fourth-order valence-corrected chi connectivity index (χ4v) is 4.55. The zero-order chi connectivity index (χ0) is 19.1. The number of halogens is 1.